The van der Waals surface area contributed by atoms with Crippen molar-refractivity contribution in [3.63, 3.8) is 0 Å². The molecule has 10 heteroatoms. The highest BCUT2D eigenvalue weighted by molar-refractivity contribution is 5.99. The van der Waals surface area contributed by atoms with E-state index in [0.29, 0.717) is 36.3 Å². The maximum Gasteiger partial charge on any atom is 0.323 e. The third-order valence-corrected chi connectivity index (χ3v) is 6.90. The summed E-state index contributed by atoms with van der Waals surface area (Å²) < 4.78 is 13.7. The molecular weight excluding hydrogens is 446 g/mol. The van der Waals surface area contributed by atoms with Gasteiger partial charge in [0, 0.05) is 31.0 Å². The molecule has 6 rings (SSSR count). The Hall–Kier alpha value is -3.66. The van der Waals surface area contributed by atoms with Gasteiger partial charge in [-0.25, -0.2) is 9.78 Å². The molecule has 35 heavy (non-hydrogen) atoms. The van der Waals surface area contributed by atoms with Crippen LogP contribution in [0.1, 0.15) is 31.7 Å². The number of aromatic nitrogens is 4. The van der Waals surface area contributed by atoms with E-state index in [0.717, 1.165) is 49.2 Å². The number of urea groups is 1. The van der Waals surface area contributed by atoms with Gasteiger partial charge in [-0.1, -0.05) is 0 Å². The van der Waals surface area contributed by atoms with Crippen LogP contribution in [-0.4, -0.2) is 57.2 Å². The second-order valence-electron chi connectivity index (χ2n) is 9.62. The minimum atomic E-state index is -0.331. The van der Waals surface area contributed by atoms with Gasteiger partial charge >= 0.3 is 6.03 Å². The predicted octanol–water partition coefficient (Wildman–Crippen LogP) is 3.60. The quantitative estimate of drug-likeness (QED) is 0.594. The number of carbonyl (C=O) groups is 1. The van der Waals surface area contributed by atoms with Crippen LogP contribution in [0, 0.1) is 0 Å². The zero-order valence-electron chi connectivity index (χ0n) is 20.0. The normalized spacial score (nSPS) is 20.2. The molecule has 3 aliphatic rings. The molecule has 1 unspecified atom stereocenters. The third kappa shape index (κ3) is 4.41. The highest BCUT2D eigenvalue weighted by Crippen LogP contribution is 2.49. The van der Waals surface area contributed by atoms with Gasteiger partial charge in [0.1, 0.15) is 11.4 Å². The minimum absolute atomic E-state index is 0.0259. The lowest BCUT2D eigenvalue weighted by Crippen LogP contribution is -2.45. The van der Waals surface area contributed by atoms with Crippen molar-refractivity contribution in [1.82, 2.24) is 19.7 Å². The van der Waals surface area contributed by atoms with E-state index in [2.05, 4.69) is 27.6 Å². The first-order valence-corrected chi connectivity index (χ1v) is 12.1. The monoisotopic (exact) mass is 475 g/mol. The average molecular weight is 476 g/mol. The van der Waals surface area contributed by atoms with E-state index in [1.165, 1.54) is 0 Å². The molecule has 2 N–H and O–H groups in total. The van der Waals surface area contributed by atoms with E-state index in [-0.39, 0.29) is 17.7 Å². The molecule has 2 amide bonds. The molecule has 3 aromatic rings. The van der Waals surface area contributed by atoms with Gasteiger partial charge in [0.2, 0.25) is 5.88 Å². The van der Waals surface area contributed by atoms with Crippen LogP contribution < -0.4 is 20.3 Å². The Morgan fingerprint density at radius 3 is 2.63 bits per heavy atom. The number of anilines is 3. The zero-order chi connectivity index (χ0) is 24.0. The molecule has 182 valence electrons. The number of carbonyl (C=O) groups excluding carboxylic acids is 1. The number of hydrogen-bond acceptors (Lipinski definition) is 7. The molecule has 2 aliphatic heterocycles. The first-order valence-electron chi connectivity index (χ1n) is 12.1. The Bertz CT molecular complexity index is 1250. The summed E-state index contributed by atoms with van der Waals surface area (Å²) in [7, 11) is 1.80. The van der Waals surface area contributed by atoms with Crippen molar-refractivity contribution in [2.45, 2.75) is 44.2 Å². The summed E-state index contributed by atoms with van der Waals surface area (Å²) in [6.07, 6.45) is 7.47. The van der Waals surface area contributed by atoms with Crippen LogP contribution in [0.2, 0.25) is 0 Å². The standard InChI is InChI=1S/C25H29N7O3/c1-16-15-34-12-11-32(16)22-20-7-8-25(9-10-25)35-23(20)30-21(29-22)17-3-5-18(6-4-17)27-24(33)28-19-13-26-31(2)14-19/h3-6,13-14,16H,7-12,15H2,1-2H3,(H2,27,28,33). The van der Waals surface area contributed by atoms with Gasteiger partial charge in [-0.15, -0.1) is 0 Å². The minimum Gasteiger partial charge on any atom is -0.471 e. The number of nitrogens with zero attached hydrogens (tertiary/aromatic N) is 5. The van der Waals surface area contributed by atoms with E-state index >= 15 is 0 Å². The number of nitrogens with one attached hydrogen (secondary N) is 2. The Kier molecular flexibility index (Phi) is 5.32. The average Bonchev–Trinajstić information content (AvgIpc) is 3.47. The lowest BCUT2D eigenvalue weighted by atomic mass is 10.0. The molecule has 1 spiro atoms. The van der Waals surface area contributed by atoms with Crippen molar-refractivity contribution in [2.24, 2.45) is 7.05 Å². The second-order valence-corrected chi connectivity index (χ2v) is 9.62. The predicted molar refractivity (Wildman–Crippen MR) is 132 cm³/mol. The highest BCUT2D eigenvalue weighted by atomic mass is 16.5. The summed E-state index contributed by atoms with van der Waals surface area (Å²) in [4.78, 5) is 24.5. The van der Waals surface area contributed by atoms with Crippen LogP contribution in [0.15, 0.2) is 36.7 Å². The fraction of sp³-hybridized carbons (Fsp3) is 0.440. The molecule has 4 heterocycles. The molecule has 1 aromatic carbocycles. The Balaban J connectivity index is 1.26. The largest absolute Gasteiger partial charge is 0.471 e. The molecule has 2 fully saturated rings. The molecule has 1 aliphatic carbocycles. The van der Waals surface area contributed by atoms with Gasteiger partial charge in [-0.2, -0.15) is 10.1 Å². The molecule has 1 saturated carbocycles. The maximum absolute atomic E-state index is 12.3. The SMILES string of the molecule is CC1COCCN1c1nc(-c2ccc(NC(=O)Nc3cnn(C)c3)cc2)nc2c1CCC1(CC1)O2. The van der Waals surface area contributed by atoms with Crippen molar-refractivity contribution < 1.29 is 14.3 Å². The summed E-state index contributed by atoms with van der Waals surface area (Å²) in [5.41, 5.74) is 3.24. The first kappa shape index (κ1) is 21.8. The molecule has 1 atom stereocenters. The van der Waals surface area contributed by atoms with E-state index in [4.69, 9.17) is 19.4 Å². The van der Waals surface area contributed by atoms with Gasteiger partial charge in [0.05, 0.1) is 36.7 Å². The van der Waals surface area contributed by atoms with Gasteiger partial charge in [-0.3, -0.25) is 4.68 Å². The fourth-order valence-corrected chi connectivity index (χ4v) is 4.75. The molecule has 1 saturated heterocycles. The smallest absolute Gasteiger partial charge is 0.323 e. The number of ether oxygens (including phenoxy) is 2. The molecule has 0 bridgehead atoms. The summed E-state index contributed by atoms with van der Waals surface area (Å²) in [6, 6.07) is 7.44. The van der Waals surface area contributed by atoms with Crippen LogP contribution >= 0.6 is 0 Å². The van der Waals surface area contributed by atoms with Crippen LogP contribution in [-0.2, 0) is 18.2 Å². The van der Waals surface area contributed by atoms with E-state index < -0.39 is 0 Å². The third-order valence-electron chi connectivity index (χ3n) is 6.90. The number of rotatable bonds is 4. The molecule has 0 radical (unpaired) electrons. The lowest BCUT2D eigenvalue weighted by Gasteiger charge is -2.37. The Morgan fingerprint density at radius 1 is 1.11 bits per heavy atom. The van der Waals surface area contributed by atoms with Crippen molar-refractivity contribution in [3.05, 3.63) is 42.2 Å². The van der Waals surface area contributed by atoms with Crippen molar-refractivity contribution in [1.29, 1.82) is 0 Å². The fourth-order valence-electron chi connectivity index (χ4n) is 4.75. The van der Waals surface area contributed by atoms with Crippen LogP contribution in [0.4, 0.5) is 22.0 Å². The van der Waals surface area contributed by atoms with Gasteiger partial charge in [0.25, 0.3) is 0 Å². The Labute approximate surface area is 203 Å². The number of morpholine rings is 1. The van der Waals surface area contributed by atoms with E-state index in [1.54, 1.807) is 24.1 Å². The topological polar surface area (TPSA) is 106 Å². The van der Waals surface area contributed by atoms with E-state index in [1.807, 2.05) is 24.3 Å². The Morgan fingerprint density at radius 2 is 1.91 bits per heavy atom. The number of hydrogen-bond donors (Lipinski definition) is 2. The summed E-state index contributed by atoms with van der Waals surface area (Å²) in [5.74, 6) is 2.29. The highest BCUT2D eigenvalue weighted by Gasteiger charge is 2.49. The van der Waals surface area contributed by atoms with E-state index in [9.17, 15) is 4.79 Å². The maximum atomic E-state index is 12.3. The molecule has 10 nitrogen and oxygen atoms in total. The number of fused-ring (bicyclic) bond motifs is 1. The number of benzene rings is 1. The van der Waals surface area contributed by atoms with Crippen molar-refractivity contribution in [3.8, 4) is 17.3 Å². The van der Waals surface area contributed by atoms with Gasteiger partial charge in [-0.05, 0) is 56.9 Å². The second kappa shape index (κ2) is 8.53. The number of aryl methyl sites for hydroxylation is 1. The number of amides is 2. The van der Waals surface area contributed by atoms with Gasteiger partial charge < -0.3 is 25.0 Å². The van der Waals surface area contributed by atoms with Crippen molar-refractivity contribution >= 4 is 23.2 Å². The van der Waals surface area contributed by atoms with Crippen LogP contribution in [0.25, 0.3) is 11.4 Å². The van der Waals surface area contributed by atoms with Crippen LogP contribution in [0.5, 0.6) is 5.88 Å². The van der Waals surface area contributed by atoms with Crippen molar-refractivity contribution in [2.75, 3.05) is 35.3 Å². The lowest BCUT2D eigenvalue weighted by molar-refractivity contribution is 0.0978. The molecule has 2 aromatic heterocycles. The first-order chi connectivity index (χ1) is 17.0. The van der Waals surface area contributed by atoms with Gasteiger partial charge in [0.15, 0.2) is 5.82 Å². The molecular formula is C25H29N7O3. The zero-order valence-corrected chi connectivity index (χ0v) is 20.0. The summed E-state index contributed by atoms with van der Waals surface area (Å²) in [5, 5.41) is 9.65. The summed E-state index contributed by atoms with van der Waals surface area (Å²) in [6.45, 7) is 4.33. The van der Waals surface area contributed by atoms with Crippen LogP contribution in [0.3, 0.4) is 0 Å². The summed E-state index contributed by atoms with van der Waals surface area (Å²) >= 11 is 0.